The van der Waals surface area contributed by atoms with Gasteiger partial charge in [-0.15, -0.1) is 0 Å². The molecule has 2 nitrogen and oxygen atoms in total. The molecule has 1 fully saturated rings. The number of hydrogen-bond donors (Lipinski definition) is 0. The van der Waals surface area contributed by atoms with Gasteiger partial charge in [0.1, 0.15) is 5.78 Å². The molecule has 1 aliphatic rings. The van der Waals surface area contributed by atoms with Crippen LogP contribution in [0.15, 0.2) is 22.8 Å². The third kappa shape index (κ3) is 4.13. The minimum atomic E-state index is 0.264. The number of aromatic nitrogens is 1. The van der Waals surface area contributed by atoms with Gasteiger partial charge in [0, 0.05) is 28.7 Å². The molecule has 2 rings (SSSR count). The van der Waals surface area contributed by atoms with Crippen molar-refractivity contribution in [2.75, 3.05) is 0 Å². The Bertz CT molecular complexity index is 419. The average Bonchev–Trinajstić information content (AvgIpc) is 2.41. The van der Waals surface area contributed by atoms with Gasteiger partial charge < -0.3 is 0 Å². The Balaban J connectivity index is 1.86. The van der Waals surface area contributed by atoms with Gasteiger partial charge in [0.15, 0.2) is 0 Å². The van der Waals surface area contributed by atoms with Gasteiger partial charge in [-0.1, -0.05) is 13.8 Å². The molecule has 1 aliphatic carbocycles. The topological polar surface area (TPSA) is 30.0 Å². The van der Waals surface area contributed by atoms with Crippen LogP contribution >= 0.6 is 15.9 Å². The summed E-state index contributed by atoms with van der Waals surface area (Å²) in [4.78, 5) is 16.6. The maximum absolute atomic E-state index is 12.3. The highest BCUT2D eigenvalue weighted by Gasteiger charge is 2.27. The van der Waals surface area contributed by atoms with Crippen LogP contribution in [-0.2, 0) is 11.2 Å². The van der Waals surface area contributed by atoms with Crippen molar-refractivity contribution in [1.82, 2.24) is 4.98 Å². The standard InChI is InChI=1S/C16H22BrNO/c1-11(2)12-3-5-13(6-4-12)16(19)9-15-8-7-14(17)10-18-15/h7-8,10-13H,3-6,9H2,1-2H3. The summed E-state index contributed by atoms with van der Waals surface area (Å²) in [5.41, 5.74) is 0.888. The fourth-order valence-electron chi connectivity index (χ4n) is 2.94. The van der Waals surface area contributed by atoms with Gasteiger partial charge in [-0.25, -0.2) is 0 Å². The molecule has 3 heteroatoms. The molecule has 0 aromatic carbocycles. The molecule has 0 spiro atoms. The highest BCUT2D eigenvalue weighted by Crippen LogP contribution is 2.34. The third-order valence-electron chi connectivity index (χ3n) is 4.31. The van der Waals surface area contributed by atoms with Gasteiger partial charge in [0.2, 0.25) is 0 Å². The lowest BCUT2D eigenvalue weighted by molar-refractivity contribution is -0.123. The lowest BCUT2D eigenvalue weighted by atomic mass is 9.75. The molecule has 19 heavy (non-hydrogen) atoms. The van der Waals surface area contributed by atoms with Crippen molar-refractivity contribution in [2.24, 2.45) is 17.8 Å². The predicted octanol–water partition coefficient (Wildman–Crippen LogP) is 4.42. The van der Waals surface area contributed by atoms with E-state index in [9.17, 15) is 4.79 Å². The number of pyridine rings is 1. The summed E-state index contributed by atoms with van der Waals surface area (Å²) in [6, 6.07) is 3.88. The molecule has 1 aromatic rings. The summed E-state index contributed by atoms with van der Waals surface area (Å²) in [6.45, 7) is 4.58. The van der Waals surface area contributed by atoms with Gasteiger partial charge in [0.25, 0.3) is 0 Å². The number of rotatable bonds is 4. The number of hydrogen-bond acceptors (Lipinski definition) is 2. The summed E-state index contributed by atoms with van der Waals surface area (Å²) >= 11 is 3.36. The first kappa shape index (κ1) is 14.7. The van der Waals surface area contributed by atoms with Crippen LogP contribution in [-0.4, -0.2) is 10.8 Å². The first-order chi connectivity index (χ1) is 9.06. The minimum Gasteiger partial charge on any atom is -0.299 e. The molecule has 0 bridgehead atoms. The summed E-state index contributed by atoms with van der Waals surface area (Å²) in [5.74, 6) is 2.21. The van der Waals surface area contributed by atoms with E-state index in [0.29, 0.717) is 12.2 Å². The van der Waals surface area contributed by atoms with Gasteiger partial charge in [-0.3, -0.25) is 9.78 Å². The molecule has 1 saturated carbocycles. The summed E-state index contributed by atoms with van der Waals surface area (Å²) < 4.78 is 0.959. The first-order valence-corrected chi connectivity index (χ1v) is 7.98. The molecule has 1 heterocycles. The minimum absolute atomic E-state index is 0.264. The smallest absolute Gasteiger partial charge is 0.141 e. The van der Waals surface area contributed by atoms with Crippen LogP contribution in [0.2, 0.25) is 0 Å². The van der Waals surface area contributed by atoms with Crippen LogP contribution in [0.25, 0.3) is 0 Å². The van der Waals surface area contributed by atoms with Gasteiger partial charge in [-0.2, -0.15) is 0 Å². The molecule has 0 atom stereocenters. The molecule has 104 valence electrons. The Labute approximate surface area is 124 Å². The molecule has 0 amide bonds. The Morgan fingerprint density at radius 2 is 2.00 bits per heavy atom. The molecule has 1 aromatic heterocycles. The van der Waals surface area contributed by atoms with E-state index in [1.54, 1.807) is 6.20 Å². The number of halogens is 1. The zero-order valence-corrected chi connectivity index (χ0v) is 13.3. The molecule has 0 saturated heterocycles. The Morgan fingerprint density at radius 1 is 1.32 bits per heavy atom. The van der Waals surface area contributed by atoms with Gasteiger partial charge >= 0.3 is 0 Å². The zero-order chi connectivity index (χ0) is 13.8. The number of carbonyl (C=O) groups excluding carboxylic acids is 1. The Kier molecular flexibility index (Phi) is 5.14. The molecule has 0 unspecified atom stereocenters. The SMILES string of the molecule is CC(C)C1CCC(C(=O)Cc2ccc(Br)cn2)CC1. The van der Waals surface area contributed by atoms with Crippen molar-refractivity contribution in [3.8, 4) is 0 Å². The molecular weight excluding hydrogens is 302 g/mol. The predicted molar refractivity (Wildman–Crippen MR) is 80.9 cm³/mol. The third-order valence-corrected chi connectivity index (χ3v) is 4.78. The van der Waals surface area contributed by atoms with E-state index < -0.39 is 0 Å². The lowest BCUT2D eigenvalue weighted by Gasteiger charge is -2.30. The van der Waals surface area contributed by atoms with Crippen LogP contribution in [0.5, 0.6) is 0 Å². The van der Waals surface area contributed by atoms with Crippen LogP contribution < -0.4 is 0 Å². The molecule has 0 N–H and O–H groups in total. The second-order valence-electron chi connectivity index (χ2n) is 5.97. The Morgan fingerprint density at radius 3 is 2.53 bits per heavy atom. The number of carbonyl (C=O) groups is 1. The largest absolute Gasteiger partial charge is 0.299 e. The highest BCUT2D eigenvalue weighted by molar-refractivity contribution is 9.10. The zero-order valence-electron chi connectivity index (χ0n) is 11.7. The van der Waals surface area contributed by atoms with Crippen molar-refractivity contribution in [1.29, 1.82) is 0 Å². The van der Waals surface area contributed by atoms with Crippen molar-refractivity contribution in [3.05, 3.63) is 28.5 Å². The van der Waals surface area contributed by atoms with Crippen LogP contribution in [0.3, 0.4) is 0 Å². The highest BCUT2D eigenvalue weighted by atomic mass is 79.9. The lowest BCUT2D eigenvalue weighted by Crippen LogP contribution is -2.25. The van der Waals surface area contributed by atoms with E-state index in [-0.39, 0.29) is 5.92 Å². The number of ketones is 1. The van der Waals surface area contributed by atoms with E-state index >= 15 is 0 Å². The summed E-state index contributed by atoms with van der Waals surface area (Å²) in [5, 5.41) is 0. The summed E-state index contributed by atoms with van der Waals surface area (Å²) in [6.07, 6.45) is 6.81. The second-order valence-corrected chi connectivity index (χ2v) is 6.88. The van der Waals surface area contributed by atoms with Crippen molar-refractivity contribution in [2.45, 2.75) is 46.0 Å². The van der Waals surface area contributed by atoms with Crippen LogP contribution in [0.4, 0.5) is 0 Å². The van der Waals surface area contributed by atoms with E-state index in [2.05, 4.69) is 34.8 Å². The number of Topliss-reactive ketones (excluding diaryl/α,β-unsaturated/α-hetero) is 1. The second kappa shape index (κ2) is 6.65. The first-order valence-electron chi connectivity index (χ1n) is 7.19. The fourth-order valence-corrected chi connectivity index (χ4v) is 3.18. The van der Waals surface area contributed by atoms with E-state index in [0.717, 1.165) is 34.8 Å². The molecule has 0 radical (unpaired) electrons. The Hall–Kier alpha value is -0.700. The van der Waals surface area contributed by atoms with Crippen LogP contribution in [0, 0.1) is 17.8 Å². The maximum atomic E-state index is 12.3. The molecule has 0 aliphatic heterocycles. The normalized spacial score (nSPS) is 23.6. The van der Waals surface area contributed by atoms with Crippen molar-refractivity contribution in [3.63, 3.8) is 0 Å². The molecular formula is C16H22BrNO. The van der Waals surface area contributed by atoms with Crippen molar-refractivity contribution >= 4 is 21.7 Å². The summed E-state index contributed by atoms with van der Waals surface area (Å²) in [7, 11) is 0. The fraction of sp³-hybridized carbons (Fsp3) is 0.625. The average molecular weight is 324 g/mol. The van der Waals surface area contributed by atoms with E-state index in [1.807, 2.05) is 12.1 Å². The monoisotopic (exact) mass is 323 g/mol. The maximum Gasteiger partial charge on any atom is 0.141 e. The van der Waals surface area contributed by atoms with Crippen LogP contribution in [0.1, 0.15) is 45.2 Å². The number of nitrogens with zero attached hydrogens (tertiary/aromatic N) is 1. The van der Waals surface area contributed by atoms with Gasteiger partial charge in [-0.05, 0) is 65.6 Å². The van der Waals surface area contributed by atoms with Gasteiger partial charge in [0.05, 0.1) is 0 Å². The quantitative estimate of drug-likeness (QED) is 0.821. The van der Waals surface area contributed by atoms with E-state index in [4.69, 9.17) is 0 Å². The van der Waals surface area contributed by atoms with Crippen molar-refractivity contribution < 1.29 is 4.79 Å². The van der Waals surface area contributed by atoms with E-state index in [1.165, 1.54) is 12.8 Å².